The minimum atomic E-state index is -0.229. The molecule has 2 nitrogen and oxygen atoms in total. The van der Waals surface area contributed by atoms with E-state index in [9.17, 15) is 4.79 Å². The molecule has 1 amide bonds. The molecule has 0 aliphatic heterocycles. The first kappa shape index (κ1) is 15.4. The Hall–Kier alpha value is -2.61. The van der Waals surface area contributed by atoms with Crippen LogP contribution in [-0.4, -0.2) is 5.91 Å². The van der Waals surface area contributed by atoms with Gasteiger partial charge in [0.25, 0.3) is 0 Å². The van der Waals surface area contributed by atoms with E-state index in [1.807, 2.05) is 0 Å². The van der Waals surface area contributed by atoms with Gasteiger partial charge in [0.2, 0.25) is 5.91 Å². The Labute approximate surface area is 159 Å². The van der Waals surface area contributed by atoms with Crippen LogP contribution in [0.3, 0.4) is 0 Å². The summed E-state index contributed by atoms with van der Waals surface area (Å²) >= 11 is 0. The third kappa shape index (κ3) is 2.04. The van der Waals surface area contributed by atoms with Gasteiger partial charge in [-0.3, -0.25) is 4.79 Å². The fourth-order valence-electron chi connectivity index (χ4n) is 6.59. The van der Waals surface area contributed by atoms with Crippen molar-refractivity contribution in [2.45, 2.75) is 37.5 Å². The molecule has 27 heavy (non-hydrogen) atoms. The summed E-state index contributed by atoms with van der Waals surface area (Å²) in [4.78, 5) is 11.7. The van der Waals surface area contributed by atoms with Gasteiger partial charge in [0.15, 0.2) is 0 Å². The normalized spacial score (nSPS) is 27.3. The number of benzene rings is 3. The second-order valence-electron chi connectivity index (χ2n) is 8.65. The van der Waals surface area contributed by atoms with Crippen LogP contribution < -0.4 is 5.73 Å². The lowest BCUT2D eigenvalue weighted by atomic mass is 9.63. The Morgan fingerprint density at radius 2 is 1.59 bits per heavy atom. The molecule has 0 radical (unpaired) electrons. The molecule has 2 bridgehead atoms. The molecular formula is C25H23NO. The molecule has 6 rings (SSSR count). The number of rotatable bonds is 2. The van der Waals surface area contributed by atoms with Crippen molar-refractivity contribution >= 4 is 16.7 Å². The standard InChI is InChI=1S/C25H23NO/c26-21(27)13-15-5-3-7-19-20-11-10-14-4-1-2-6-18(14)25(20)24-17-9-8-16(12-17)23(24)22(15)19/h1-7,10-11,16-17,23-24H,8-9,12-13H2,(H2,26,27). The first-order valence-electron chi connectivity index (χ1n) is 10.1. The molecule has 3 aromatic carbocycles. The second kappa shape index (κ2) is 5.45. The number of primary amides is 1. The largest absolute Gasteiger partial charge is 0.369 e. The van der Waals surface area contributed by atoms with E-state index in [0.29, 0.717) is 18.3 Å². The molecule has 2 heteroatoms. The highest BCUT2D eigenvalue weighted by Crippen LogP contribution is 2.66. The molecule has 134 valence electrons. The monoisotopic (exact) mass is 353 g/mol. The molecule has 0 saturated heterocycles. The van der Waals surface area contributed by atoms with E-state index in [1.54, 1.807) is 5.56 Å². The van der Waals surface area contributed by atoms with Gasteiger partial charge in [0.05, 0.1) is 6.42 Å². The van der Waals surface area contributed by atoms with Gasteiger partial charge < -0.3 is 5.73 Å². The summed E-state index contributed by atoms with van der Waals surface area (Å²) in [6.45, 7) is 0. The lowest BCUT2D eigenvalue weighted by molar-refractivity contribution is -0.117. The molecule has 0 aromatic heterocycles. The van der Waals surface area contributed by atoms with Crippen molar-refractivity contribution in [2.75, 3.05) is 0 Å². The number of hydrogen-bond acceptors (Lipinski definition) is 1. The van der Waals surface area contributed by atoms with E-state index in [2.05, 4.69) is 54.6 Å². The molecule has 4 unspecified atom stereocenters. The van der Waals surface area contributed by atoms with Crippen molar-refractivity contribution < 1.29 is 4.79 Å². The number of nitrogens with two attached hydrogens (primary N) is 1. The van der Waals surface area contributed by atoms with E-state index in [0.717, 1.165) is 17.4 Å². The summed E-state index contributed by atoms with van der Waals surface area (Å²) in [5.74, 6) is 2.44. The molecule has 3 aliphatic rings. The van der Waals surface area contributed by atoms with E-state index in [1.165, 1.54) is 46.7 Å². The van der Waals surface area contributed by atoms with Crippen LogP contribution in [-0.2, 0) is 11.2 Å². The van der Waals surface area contributed by atoms with Gasteiger partial charge in [-0.25, -0.2) is 0 Å². The molecule has 2 fully saturated rings. The summed E-state index contributed by atoms with van der Waals surface area (Å²) in [5.41, 5.74) is 12.5. The Bertz CT molecular complexity index is 1100. The summed E-state index contributed by atoms with van der Waals surface area (Å²) < 4.78 is 0. The number of carbonyl (C=O) groups excluding carboxylic acids is 1. The van der Waals surface area contributed by atoms with Gasteiger partial charge in [0, 0.05) is 0 Å². The fourth-order valence-corrected chi connectivity index (χ4v) is 6.59. The molecule has 0 spiro atoms. The molecular weight excluding hydrogens is 330 g/mol. The third-order valence-electron chi connectivity index (χ3n) is 7.41. The van der Waals surface area contributed by atoms with E-state index in [-0.39, 0.29) is 5.91 Å². The van der Waals surface area contributed by atoms with Crippen LogP contribution in [0.2, 0.25) is 0 Å². The zero-order valence-electron chi connectivity index (χ0n) is 15.3. The van der Waals surface area contributed by atoms with Crippen LogP contribution in [0.5, 0.6) is 0 Å². The maximum atomic E-state index is 11.7. The lowest BCUT2D eigenvalue weighted by Crippen LogP contribution is -2.26. The van der Waals surface area contributed by atoms with Crippen molar-refractivity contribution in [1.82, 2.24) is 0 Å². The Morgan fingerprint density at radius 1 is 0.852 bits per heavy atom. The average molecular weight is 353 g/mol. The van der Waals surface area contributed by atoms with Crippen LogP contribution in [0.25, 0.3) is 21.9 Å². The molecule has 2 N–H and O–H groups in total. The second-order valence-corrected chi connectivity index (χ2v) is 8.65. The van der Waals surface area contributed by atoms with Gasteiger partial charge in [-0.1, -0.05) is 54.6 Å². The highest BCUT2D eigenvalue weighted by atomic mass is 16.1. The maximum Gasteiger partial charge on any atom is 0.221 e. The molecule has 2 saturated carbocycles. The number of carbonyl (C=O) groups is 1. The van der Waals surface area contributed by atoms with E-state index >= 15 is 0 Å². The first-order valence-corrected chi connectivity index (χ1v) is 10.1. The quantitative estimate of drug-likeness (QED) is 0.680. The molecule has 0 heterocycles. The average Bonchev–Trinajstić information content (AvgIpc) is 3.29. The van der Waals surface area contributed by atoms with Gasteiger partial charge in [-0.05, 0) is 81.5 Å². The zero-order valence-corrected chi connectivity index (χ0v) is 15.3. The SMILES string of the molecule is NC(=O)Cc1cccc2c1C1C3CCC(C3)C1c1c-2ccc2ccccc12. The minimum Gasteiger partial charge on any atom is -0.369 e. The van der Waals surface area contributed by atoms with E-state index < -0.39 is 0 Å². The number of fused-ring (bicyclic) bond motifs is 12. The Morgan fingerprint density at radius 3 is 2.41 bits per heavy atom. The predicted octanol–water partition coefficient (Wildman–Crippen LogP) is 5.15. The summed E-state index contributed by atoms with van der Waals surface area (Å²) in [6.07, 6.45) is 4.37. The van der Waals surface area contributed by atoms with Gasteiger partial charge in [-0.2, -0.15) is 0 Å². The number of hydrogen-bond donors (Lipinski definition) is 1. The van der Waals surface area contributed by atoms with Crippen molar-refractivity contribution in [3.63, 3.8) is 0 Å². The van der Waals surface area contributed by atoms with Crippen LogP contribution in [0, 0.1) is 11.8 Å². The van der Waals surface area contributed by atoms with Gasteiger partial charge >= 0.3 is 0 Å². The molecule has 3 aromatic rings. The predicted molar refractivity (Wildman–Crippen MR) is 109 cm³/mol. The van der Waals surface area contributed by atoms with E-state index in [4.69, 9.17) is 5.73 Å². The van der Waals surface area contributed by atoms with Gasteiger partial charge in [0.1, 0.15) is 0 Å². The van der Waals surface area contributed by atoms with Crippen molar-refractivity contribution in [2.24, 2.45) is 17.6 Å². The lowest BCUT2D eigenvalue weighted by Gasteiger charge is -2.40. The summed E-state index contributed by atoms with van der Waals surface area (Å²) in [6, 6.07) is 19.9. The third-order valence-corrected chi connectivity index (χ3v) is 7.41. The number of amides is 1. The first-order chi connectivity index (χ1) is 13.2. The topological polar surface area (TPSA) is 43.1 Å². The molecule has 4 atom stereocenters. The van der Waals surface area contributed by atoms with Crippen LogP contribution in [0.15, 0.2) is 54.6 Å². The Kier molecular flexibility index (Phi) is 3.12. The highest BCUT2D eigenvalue weighted by molar-refractivity contribution is 5.95. The van der Waals surface area contributed by atoms with Crippen LogP contribution in [0.1, 0.15) is 47.8 Å². The highest BCUT2D eigenvalue weighted by Gasteiger charge is 2.52. The minimum absolute atomic E-state index is 0.229. The van der Waals surface area contributed by atoms with Crippen molar-refractivity contribution in [3.8, 4) is 11.1 Å². The summed E-state index contributed by atoms with van der Waals surface area (Å²) in [7, 11) is 0. The Balaban J connectivity index is 1.70. The van der Waals surface area contributed by atoms with Crippen LogP contribution >= 0.6 is 0 Å². The smallest absolute Gasteiger partial charge is 0.221 e. The fraction of sp³-hybridized carbons (Fsp3) is 0.320. The van der Waals surface area contributed by atoms with Crippen LogP contribution in [0.4, 0.5) is 0 Å². The van der Waals surface area contributed by atoms with Gasteiger partial charge in [-0.15, -0.1) is 0 Å². The zero-order chi connectivity index (χ0) is 18.1. The van der Waals surface area contributed by atoms with Crippen molar-refractivity contribution in [1.29, 1.82) is 0 Å². The van der Waals surface area contributed by atoms with Crippen molar-refractivity contribution in [3.05, 3.63) is 71.3 Å². The summed E-state index contributed by atoms with van der Waals surface area (Å²) in [5, 5.41) is 2.76. The maximum absolute atomic E-state index is 11.7. The molecule has 3 aliphatic carbocycles.